The number of thioether (sulfide) groups is 1. The normalized spacial score (nSPS) is 36.5. The Morgan fingerprint density at radius 2 is 1.66 bits per heavy atom. The van der Waals surface area contributed by atoms with Gasteiger partial charge in [0.25, 0.3) is 0 Å². The predicted octanol–water partition coefficient (Wildman–Crippen LogP) is 4.32. The highest BCUT2D eigenvalue weighted by atomic mass is 32.2. The van der Waals surface area contributed by atoms with Crippen LogP contribution in [0.15, 0.2) is 34.1 Å². The molecule has 6 atom stereocenters. The van der Waals surface area contributed by atoms with Crippen LogP contribution in [0.1, 0.15) is 43.4 Å². The molecule has 166 valence electrons. The number of imide groups is 1. The molecule has 1 saturated heterocycles. The average molecular weight is 471 g/mol. The van der Waals surface area contributed by atoms with Crippen molar-refractivity contribution in [3.8, 4) is 0 Å². The summed E-state index contributed by atoms with van der Waals surface area (Å²) in [6.07, 6.45) is 6.59. The van der Waals surface area contributed by atoms with Crippen molar-refractivity contribution in [1.82, 2.24) is 4.98 Å². The van der Waals surface area contributed by atoms with E-state index in [9.17, 15) is 18.8 Å². The second-order valence-corrected chi connectivity index (χ2v) is 12.3. The van der Waals surface area contributed by atoms with Gasteiger partial charge >= 0.3 is 4.87 Å². The van der Waals surface area contributed by atoms with Crippen molar-refractivity contribution in [2.75, 3.05) is 4.90 Å². The van der Waals surface area contributed by atoms with Crippen LogP contribution in [0.4, 0.5) is 10.1 Å². The molecule has 5 aliphatic rings. The molecule has 4 fully saturated rings. The number of hydrogen-bond donors (Lipinski definition) is 1. The van der Waals surface area contributed by atoms with E-state index >= 15 is 0 Å². The van der Waals surface area contributed by atoms with Gasteiger partial charge in [0.2, 0.25) is 11.8 Å². The zero-order chi connectivity index (χ0) is 21.8. The van der Waals surface area contributed by atoms with Crippen LogP contribution in [0.25, 0.3) is 0 Å². The lowest BCUT2D eigenvalue weighted by Crippen LogP contribution is -2.51. The molecule has 3 saturated carbocycles. The molecule has 7 rings (SSSR count). The summed E-state index contributed by atoms with van der Waals surface area (Å²) < 4.78 is 13.4. The van der Waals surface area contributed by atoms with Crippen molar-refractivity contribution in [1.29, 1.82) is 0 Å². The quantitative estimate of drug-likeness (QED) is 0.630. The molecule has 3 heterocycles. The maximum absolute atomic E-state index is 13.6. The summed E-state index contributed by atoms with van der Waals surface area (Å²) in [6, 6.07) is 5.67. The van der Waals surface area contributed by atoms with Crippen LogP contribution in [0.2, 0.25) is 0 Å². The molecule has 8 heteroatoms. The van der Waals surface area contributed by atoms with Crippen LogP contribution in [-0.2, 0) is 15.0 Å². The SMILES string of the molecule is O=C1[C@@H]2[C@H]3C[C@H]([C@H]4Sc5[nH]c(=O)sc5C5(CCCCC5)[C@H]34)[C@@H]2C(=O)N1c1ccc(F)cc1. The van der Waals surface area contributed by atoms with E-state index in [1.807, 2.05) is 0 Å². The minimum Gasteiger partial charge on any atom is -0.307 e. The van der Waals surface area contributed by atoms with Gasteiger partial charge in [0.15, 0.2) is 0 Å². The number of H-pyrrole nitrogens is 1. The van der Waals surface area contributed by atoms with Crippen molar-refractivity contribution in [2.45, 2.75) is 54.2 Å². The number of anilines is 1. The van der Waals surface area contributed by atoms with E-state index in [0.717, 1.165) is 37.1 Å². The fourth-order valence-electron chi connectivity index (χ4n) is 7.92. The van der Waals surface area contributed by atoms with Gasteiger partial charge in [-0.3, -0.25) is 19.3 Å². The standard InChI is InChI=1S/C24H23FN2O3S2/c25-11-4-6-12(7-5-11)27-21(28)15-13-10-14(16(15)22(27)29)18-17(13)24(8-2-1-3-9-24)19-20(31-18)26-23(30)32-19/h4-7,13-18H,1-3,8-10H2,(H,26,30)/t13-,14+,15-,16+,17-,18-/m1/s1. The van der Waals surface area contributed by atoms with Crippen LogP contribution < -0.4 is 9.77 Å². The number of amides is 2. The topological polar surface area (TPSA) is 70.2 Å². The lowest BCUT2D eigenvalue weighted by molar-refractivity contribution is -0.123. The van der Waals surface area contributed by atoms with Gasteiger partial charge in [-0.1, -0.05) is 30.6 Å². The molecule has 0 unspecified atom stereocenters. The number of carbonyl (C=O) groups excluding carboxylic acids is 2. The molecule has 32 heavy (non-hydrogen) atoms. The third-order valence-corrected chi connectivity index (χ3v) is 11.6. The molecule has 2 amide bonds. The Labute approximate surface area is 192 Å². The molecule has 2 aromatic rings. The first-order chi connectivity index (χ1) is 15.5. The molecule has 5 nitrogen and oxygen atoms in total. The number of aromatic nitrogens is 1. The molecule has 1 aromatic carbocycles. The summed E-state index contributed by atoms with van der Waals surface area (Å²) in [5, 5.41) is 1.28. The fourth-order valence-corrected chi connectivity index (χ4v) is 11.1. The van der Waals surface area contributed by atoms with Gasteiger partial charge < -0.3 is 4.98 Å². The van der Waals surface area contributed by atoms with Crippen LogP contribution in [0, 0.1) is 35.4 Å². The van der Waals surface area contributed by atoms with E-state index in [1.165, 1.54) is 51.8 Å². The molecular weight excluding hydrogens is 447 g/mol. The van der Waals surface area contributed by atoms with Crippen LogP contribution in [0.5, 0.6) is 0 Å². The smallest absolute Gasteiger partial charge is 0.305 e. The second-order valence-electron chi connectivity index (χ2n) is 10.1. The molecule has 2 bridgehead atoms. The molecule has 2 aliphatic heterocycles. The average Bonchev–Trinajstić information content (AvgIpc) is 3.51. The first-order valence-electron chi connectivity index (χ1n) is 11.5. The van der Waals surface area contributed by atoms with Crippen LogP contribution in [0.3, 0.4) is 0 Å². The summed E-state index contributed by atoms with van der Waals surface area (Å²) >= 11 is 3.12. The van der Waals surface area contributed by atoms with E-state index in [4.69, 9.17) is 0 Å². The lowest BCUT2D eigenvalue weighted by Gasteiger charge is -2.52. The highest BCUT2D eigenvalue weighted by molar-refractivity contribution is 8.00. The Morgan fingerprint density at radius 1 is 0.969 bits per heavy atom. The van der Waals surface area contributed by atoms with Gasteiger partial charge in [0.05, 0.1) is 22.5 Å². The van der Waals surface area contributed by atoms with Gasteiger partial charge in [-0.2, -0.15) is 0 Å². The molecule has 1 N–H and O–H groups in total. The minimum absolute atomic E-state index is 0.00889. The molecular formula is C24H23FN2O3S2. The van der Waals surface area contributed by atoms with Crippen molar-refractivity contribution in [3.63, 3.8) is 0 Å². The second kappa shape index (κ2) is 6.56. The Kier molecular flexibility index (Phi) is 4.01. The highest BCUT2D eigenvalue weighted by Gasteiger charge is 2.72. The number of benzene rings is 1. The monoisotopic (exact) mass is 470 g/mol. The Morgan fingerprint density at radius 3 is 2.38 bits per heavy atom. The minimum atomic E-state index is -0.380. The Balaban J connectivity index is 1.32. The van der Waals surface area contributed by atoms with Crippen molar-refractivity contribution in [3.05, 3.63) is 44.6 Å². The summed E-state index contributed by atoms with van der Waals surface area (Å²) in [5.74, 6) is -0.528. The first-order valence-corrected chi connectivity index (χ1v) is 13.2. The van der Waals surface area contributed by atoms with E-state index in [-0.39, 0.29) is 56.8 Å². The number of hydrogen-bond acceptors (Lipinski definition) is 5. The van der Waals surface area contributed by atoms with E-state index in [0.29, 0.717) is 11.6 Å². The number of fused-ring (bicyclic) bond motifs is 11. The zero-order valence-electron chi connectivity index (χ0n) is 17.4. The number of rotatable bonds is 1. The fraction of sp³-hybridized carbons (Fsp3) is 0.542. The number of aromatic amines is 1. The van der Waals surface area contributed by atoms with E-state index in [1.54, 1.807) is 11.8 Å². The third-order valence-electron chi connectivity index (χ3n) is 8.89. The first kappa shape index (κ1) is 19.5. The van der Waals surface area contributed by atoms with Crippen molar-refractivity contribution in [2.24, 2.45) is 29.6 Å². The van der Waals surface area contributed by atoms with E-state index in [2.05, 4.69) is 4.98 Å². The lowest BCUT2D eigenvalue weighted by atomic mass is 9.57. The van der Waals surface area contributed by atoms with Crippen LogP contribution in [-0.4, -0.2) is 22.0 Å². The molecule has 1 spiro atoms. The Bertz CT molecular complexity index is 1200. The van der Waals surface area contributed by atoms with Gasteiger partial charge in [0, 0.05) is 15.5 Å². The van der Waals surface area contributed by atoms with Gasteiger partial charge in [-0.05, 0) is 61.3 Å². The summed E-state index contributed by atoms with van der Waals surface area (Å²) in [4.78, 5) is 45.1. The summed E-state index contributed by atoms with van der Waals surface area (Å²) in [7, 11) is 0. The maximum Gasteiger partial charge on any atom is 0.305 e. The largest absolute Gasteiger partial charge is 0.307 e. The number of nitrogens with one attached hydrogen (secondary N) is 1. The summed E-state index contributed by atoms with van der Waals surface area (Å²) in [6.45, 7) is 0. The van der Waals surface area contributed by atoms with Gasteiger partial charge in [0.1, 0.15) is 5.82 Å². The number of nitrogens with zero attached hydrogens (tertiary/aromatic N) is 1. The van der Waals surface area contributed by atoms with Crippen molar-refractivity contribution < 1.29 is 14.0 Å². The van der Waals surface area contributed by atoms with Gasteiger partial charge in [-0.25, -0.2) is 4.39 Å². The van der Waals surface area contributed by atoms with E-state index < -0.39 is 0 Å². The van der Waals surface area contributed by atoms with Gasteiger partial charge in [-0.15, -0.1) is 11.8 Å². The number of thiazole rings is 1. The Hall–Kier alpha value is -1.93. The van der Waals surface area contributed by atoms with Crippen LogP contribution >= 0.6 is 23.1 Å². The predicted molar refractivity (Wildman–Crippen MR) is 120 cm³/mol. The highest BCUT2D eigenvalue weighted by Crippen LogP contribution is 2.71. The maximum atomic E-state index is 13.6. The number of carbonyl (C=O) groups is 2. The summed E-state index contributed by atoms with van der Waals surface area (Å²) in [5.41, 5.74) is 0.436. The number of halogens is 1. The molecule has 1 aromatic heterocycles. The van der Waals surface area contributed by atoms with Crippen molar-refractivity contribution >= 4 is 40.6 Å². The molecule has 3 aliphatic carbocycles. The third kappa shape index (κ3) is 2.32. The zero-order valence-corrected chi connectivity index (χ0v) is 19.0. The molecule has 0 radical (unpaired) electrons.